The molecule has 6 nitrogen and oxygen atoms in total. The SMILES string of the molecule is COC(=O)C1CCN(C(=O)c2cccc(N)c2OC)CC1. The Kier molecular flexibility index (Phi) is 4.67. The molecule has 1 amide bonds. The number of methoxy groups -OCH3 is 2. The summed E-state index contributed by atoms with van der Waals surface area (Å²) in [6.07, 6.45) is 1.23. The van der Waals surface area contributed by atoms with Gasteiger partial charge in [0.1, 0.15) is 0 Å². The maximum absolute atomic E-state index is 12.6. The lowest BCUT2D eigenvalue weighted by Crippen LogP contribution is -2.40. The fourth-order valence-corrected chi connectivity index (χ4v) is 2.61. The number of nitrogens with two attached hydrogens (primary N) is 1. The van der Waals surface area contributed by atoms with Crippen molar-refractivity contribution in [2.75, 3.05) is 33.0 Å². The van der Waals surface area contributed by atoms with Gasteiger partial charge in [0.15, 0.2) is 5.75 Å². The molecule has 2 rings (SSSR count). The molecule has 1 aromatic rings. The average Bonchev–Trinajstić information content (AvgIpc) is 2.53. The average molecular weight is 292 g/mol. The van der Waals surface area contributed by atoms with Crippen molar-refractivity contribution in [2.45, 2.75) is 12.8 Å². The number of carbonyl (C=O) groups excluding carboxylic acids is 2. The number of amides is 1. The first kappa shape index (κ1) is 15.2. The summed E-state index contributed by atoms with van der Waals surface area (Å²) < 4.78 is 9.96. The maximum Gasteiger partial charge on any atom is 0.308 e. The van der Waals surface area contributed by atoms with Crippen LogP contribution in [0.2, 0.25) is 0 Å². The van der Waals surface area contributed by atoms with Gasteiger partial charge in [-0.25, -0.2) is 0 Å². The zero-order chi connectivity index (χ0) is 15.4. The molecule has 1 saturated heterocycles. The summed E-state index contributed by atoms with van der Waals surface area (Å²) in [6.45, 7) is 1.05. The largest absolute Gasteiger partial charge is 0.494 e. The van der Waals surface area contributed by atoms with E-state index in [4.69, 9.17) is 15.2 Å². The van der Waals surface area contributed by atoms with Crippen molar-refractivity contribution in [3.8, 4) is 5.75 Å². The summed E-state index contributed by atoms with van der Waals surface area (Å²) in [5.41, 5.74) is 6.71. The van der Waals surface area contributed by atoms with Crippen LogP contribution < -0.4 is 10.5 Å². The van der Waals surface area contributed by atoms with Crippen molar-refractivity contribution in [2.24, 2.45) is 5.92 Å². The topological polar surface area (TPSA) is 81.9 Å². The molecule has 6 heteroatoms. The van der Waals surface area contributed by atoms with Crippen LogP contribution in [0.5, 0.6) is 5.75 Å². The number of rotatable bonds is 3. The smallest absolute Gasteiger partial charge is 0.308 e. The van der Waals surface area contributed by atoms with Crippen LogP contribution in [0, 0.1) is 5.92 Å². The summed E-state index contributed by atoms with van der Waals surface area (Å²) in [6, 6.07) is 5.12. The summed E-state index contributed by atoms with van der Waals surface area (Å²) in [7, 11) is 2.88. The van der Waals surface area contributed by atoms with Gasteiger partial charge in [-0.05, 0) is 25.0 Å². The van der Waals surface area contributed by atoms with Gasteiger partial charge in [-0.1, -0.05) is 6.07 Å². The van der Waals surface area contributed by atoms with E-state index in [2.05, 4.69) is 0 Å². The lowest BCUT2D eigenvalue weighted by molar-refractivity contribution is -0.146. The standard InChI is InChI=1S/C15H20N2O4/c1-20-13-11(4-3-5-12(13)16)14(18)17-8-6-10(7-9-17)15(19)21-2/h3-5,10H,6-9,16H2,1-2H3. The quantitative estimate of drug-likeness (QED) is 0.671. The van der Waals surface area contributed by atoms with Crippen molar-refractivity contribution in [1.82, 2.24) is 4.90 Å². The molecule has 0 unspecified atom stereocenters. The third-order valence-electron chi connectivity index (χ3n) is 3.80. The number of esters is 1. The normalized spacial score (nSPS) is 15.6. The minimum absolute atomic E-state index is 0.123. The molecule has 0 atom stereocenters. The van der Waals surface area contributed by atoms with Crippen LogP contribution in [0.3, 0.4) is 0 Å². The molecular formula is C15H20N2O4. The molecule has 0 aliphatic carbocycles. The van der Waals surface area contributed by atoms with Gasteiger partial charge in [0.25, 0.3) is 5.91 Å². The predicted molar refractivity (Wildman–Crippen MR) is 78.0 cm³/mol. The Hall–Kier alpha value is -2.24. The highest BCUT2D eigenvalue weighted by Crippen LogP contribution is 2.28. The molecule has 0 spiro atoms. The number of piperidine rings is 1. The van der Waals surface area contributed by atoms with Crippen LogP contribution >= 0.6 is 0 Å². The highest BCUT2D eigenvalue weighted by atomic mass is 16.5. The van der Waals surface area contributed by atoms with Crippen LogP contribution in [0.1, 0.15) is 23.2 Å². The third-order valence-corrected chi connectivity index (χ3v) is 3.80. The number of nitrogens with zero attached hydrogens (tertiary/aromatic N) is 1. The molecule has 114 valence electrons. The van der Waals surface area contributed by atoms with Crippen LogP contribution in [0.15, 0.2) is 18.2 Å². The molecular weight excluding hydrogens is 272 g/mol. The zero-order valence-corrected chi connectivity index (χ0v) is 12.3. The van der Waals surface area contributed by atoms with E-state index in [1.807, 2.05) is 0 Å². The first-order chi connectivity index (χ1) is 10.1. The van der Waals surface area contributed by atoms with E-state index >= 15 is 0 Å². The monoisotopic (exact) mass is 292 g/mol. The van der Waals surface area contributed by atoms with Crippen molar-refractivity contribution in [1.29, 1.82) is 0 Å². The molecule has 21 heavy (non-hydrogen) atoms. The Morgan fingerprint density at radius 3 is 2.48 bits per heavy atom. The first-order valence-corrected chi connectivity index (χ1v) is 6.88. The van der Waals surface area contributed by atoms with E-state index in [0.29, 0.717) is 42.9 Å². The molecule has 1 aliphatic heterocycles. The van der Waals surface area contributed by atoms with Crippen molar-refractivity contribution in [3.05, 3.63) is 23.8 Å². The number of likely N-dealkylation sites (tertiary alicyclic amines) is 1. The second kappa shape index (κ2) is 6.47. The van der Waals surface area contributed by atoms with Gasteiger partial charge in [0.2, 0.25) is 0 Å². The van der Waals surface area contributed by atoms with Gasteiger partial charge in [0, 0.05) is 13.1 Å². The van der Waals surface area contributed by atoms with Gasteiger partial charge in [-0.3, -0.25) is 9.59 Å². The minimum Gasteiger partial charge on any atom is -0.494 e. The number of hydrogen-bond donors (Lipinski definition) is 1. The van der Waals surface area contributed by atoms with Crippen LogP contribution in [0.4, 0.5) is 5.69 Å². The van der Waals surface area contributed by atoms with E-state index in [-0.39, 0.29) is 17.8 Å². The second-order valence-corrected chi connectivity index (χ2v) is 5.02. The Bertz CT molecular complexity index is 536. The molecule has 1 fully saturated rings. The number of hydrogen-bond acceptors (Lipinski definition) is 5. The molecule has 0 bridgehead atoms. The van der Waals surface area contributed by atoms with Crippen molar-refractivity contribution >= 4 is 17.6 Å². The van der Waals surface area contributed by atoms with E-state index < -0.39 is 0 Å². The third kappa shape index (κ3) is 3.09. The lowest BCUT2D eigenvalue weighted by Gasteiger charge is -2.31. The fourth-order valence-electron chi connectivity index (χ4n) is 2.61. The number of carbonyl (C=O) groups is 2. The van der Waals surface area contributed by atoms with Crippen LogP contribution in [-0.2, 0) is 9.53 Å². The molecule has 1 aliphatic rings. The first-order valence-electron chi connectivity index (χ1n) is 6.88. The Morgan fingerprint density at radius 2 is 1.90 bits per heavy atom. The van der Waals surface area contributed by atoms with E-state index in [1.54, 1.807) is 23.1 Å². The summed E-state index contributed by atoms with van der Waals surface area (Å²) in [4.78, 5) is 25.8. The van der Waals surface area contributed by atoms with Gasteiger partial charge in [-0.2, -0.15) is 0 Å². The molecule has 0 aromatic heterocycles. The Labute approximate surface area is 123 Å². The lowest BCUT2D eigenvalue weighted by atomic mass is 9.96. The maximum atomic E-state index is 12.6. The van der Waals surface area contributed by atoms with Gasteiger partial charge < -0.3 is 20.1 Å². The van der Waals surface area contributed by atoms with Crippen LogP contribution in [-0.4, -0.2) is 44.1 Å². The van der Waals surface area contributed by atoms with Gasteiger partial charge in [-0.15, -0.1) is 0 Å². The molecule has 0 saturated carbocycles. The summed E-state index contributed by atoms with van der Waals surface area (Å²) in [5.74, 6) is -0.0505. The Balaban J connectivity index is 2.09. The molecule has 1 heterocycles. The summed E-state index contributed by atoms with van der Waals surface area (Å²) >= 11 is 0. The van der Waals surface area contributed by atoms with E-state index in [1.165, 1.54) is 14.2 Å². The van der Waals surface area contributed by atoms with Crippen molar-refractivity contribution in [3.63, 3.8) is 0 Å². The second-order valence-electron chi connectivity index (χ2n) is 5.02. The van der Waals surface area contributed by atoms with Crippen molar-refractivity contribution < 1.29 is 19.1 Å². The molecule has 0 radical (unpaired) electrons. The number of nitrogen functional groups attached to an aromatic ring is 1. The Morgan fingerprint density at radius 1 is 1.24 bits per heavy atom. The van der Waals surface area contributed by atoms with E-state index in [0.717, 1.165) is 0 Å². The number of anilines is 1. The highest BCUT2D eigenvalue weighted by molar-refractivity contribution is 5.98. The summed E-state index contributed by atoms with van der Waals surface area (Å²) in [5, 5.41) is 0. The zero-order valence-electron chi connectivity index (χ0n) is 12.3. The fraction of sp³-hybridized carbons (Fsp3) is 0.467. The van der Waals surface area contributed by atoms with Gasteiger partial charge in [0.05, 0.1) is 31.4 Å². The predicted octanol–water partition coefficient (Wildman–Crippen LogP) is 1.30. The number of ether oxygens (including phenoxy) is 2. The molecule has 2 N–H and O–H groups in total. The molecule has 1 aromatic carbocycles. The highest BCUT2D eigenvalue weighted by Gasteiger charge is 2.29. The van der Waals surface area contributed by atoms with Gasteiger partial charge >= 0.3 is 5.97 Å². The number of benzene rings is 1. The van der Waals surface area contributed by atoms with Crippen LogP contribution in [0.25, 0.3) is 0 Å². The van der Waals surface area contributed by atoms with E-state index in [9.17, 15) is 9.59 Å². The number of para-hydroxylation sites is 1. The minimum atomic E-state index is -0.205.